The van der Waals surface area contributed by atoms with E-state index in [1.165, 1.54) is 18.4 Å². The largest absolute Gasteiger partial charge is 0.475 e. The van der Waals surface area contributed by atoms with Crippen LogP contribution in [0.5, 0.6) is 5.88 Å². The number of pyridine rings is 1. The zero-order valence-corrected chi connectivity index (χ0v) is 12.1. The zero-order chi connectivity index (χ0) is 13.7. The Hall–Kier alpha value is -1.13. The van der Waals surface area contributed by atoms with Gasteiger partial charge in [-0.1, -0.05) is 6.07 Å². The van der Waals surface area contributed by atoms with E-state index in [-0.39, 0.29) is 5.60 Å². The third-order valence-corrected chi connectivity index (χ3v) is 2.84. The minimum atomic E-state index is -0.116. The fourth-order valence-electron chi connectivity index (χ4n) is 1.64. The molecule has 19 heavy (non-hydrogen) atoms. The van der Waals surface area contributed by atoms with Crippen LogP contribution in [0.25, 0.3) is 0 Å². The monoisotopic (exact) mass is 264 g/mol. The van der Waals surface area contributed by atoms with Crippen LogP contribution >= 0.6 is 0 Å². The van der Waals surface area contributed by atoms with Gasteiger partial charge in [-0.2, -0.15) is 0 Å². The molecule has 0 aliphatic heterocycles. The lowest BCUT2D eigenvalue weighted by atomic mass is 10.2. The van der Waals surface area contributed by atoms with E-state index in [9.17, 15) is 0 Å². The quantitative estimate of drug-likeness (QED) is 0.769. The summed E-state index contributed by atoms with van der Waals surface area (Å²) in [5, 5.41) is 3.46. The van der Waals surface area contributed by atoms with Crippen molar-refractivity contribution in [2.24, 2.45) is 0 Å². The molecular weight excluding hydrogens is 240 g/mol. The van der Waals surface area contributed by atoms with Gasteiger partial charge in [0.25, 0.3) is 0 Å². The zero-order valence-electron chi connectivity index (χ0n) is 12.1. The number of rotatable bonds is 7. The maximum atomic E-state index is 5.58. The second kappa shape index (κ2) is 6.35. The van der Waals surface area contributed by atoms with Crippen molar-refractivity contribution in [2.75, 3.05) is 13.2 Å². The lowest BCUT2D eigenvalue weighted by Crippen LogP contribution is -2.22. The second-order valence-electron chi connectivity index (χ2n) is 5.97. The molecular formula is C15H24N2O2. The first-order chi connectivity index (χ1) is 9.03. The number of aromatic nitrogens is 1. The summed E-state index contributed by atoms with van der Waals surface area (Å²) in [6.07, 6.45) is 4.49. The molecule has 1 heterocycles. The van der Waals surface area contributed by atoms with Crippen LogP contribution in [0.3, 0.4) is 0 Å². The lowest BCUT2D eigenvalue weighted by molar-refractivity contribution is -0.0168. The molecule has 1 aliphatic rings. The summed E-state index contributed by atoms with van der Waals surface area (Å²) in [6, 6.07) is 4.70. The van der Waals surface area contributed by atoms with Crippen LogP contribution in [0.1, 0.15) is 39.2 Å². The van der Waals surface area contributed by atoms with Gasteiger partial charge < -0.3 is 14.8 Å². The van der Waals surface area contributed by atoms with Gasteiger partial charge in [0.1, 0.15) is 6.61 Å². The first kappa shape index (κ1) is 14.3. The molecule has 0 unspecified atom stereocenters. The number of nitrogens with zero attached hydrogens (tertiary/aromatic N) is 1. The van der Waals surface area contributed by atoms with Crippen molar-refractivity contribution in [1.82, 2.24) is 10.3 Å². The van der Waals surface area contributed by atoms with Crippen LogP contribution in [0.15, 0.2) is 18.3 Å². The smallest absolute Gasteiger partial charge is 0.213 e. The molecule has 2 rings (SSSR count). The van der Waals surface area contributed by atoms with Gasteiger partial charge in [0.15, 0.2) is 0 Å². The summed E-state index contributed by atoms with van der Waals surface area (Å²) in [5.74, 6) is 0.660. The Labute approximate surface area is 115 Å². The topological polar surface area (TPSA) is 43.4 Å². The summed E-state index contributed by atoms with van der Waals surface area (Å²) >= 11 is 0. The fraction of sp³-hybridized carbons (Fsp3) is 0.667. The van der Waals surface area contributed by atoms with Gasteiger partial charge in [-0.05, 0) is 39.2 Å². The van der Waals surface area contributed by atoms with Gasteiger partial charge in [-0.3, -0.25) is 0 Å². The molecule has 4 nitrogen and oxygen atoms in total. The number of hydrogen-bond acceptors (Lipinski definition) is 4. The van der Waals surface area contributed by atoms with Gasteiger partial charge in [0.2, 0.25) is 5.88 Å². The molecule has 1 fully saturated rings. The molecule has 0 atom stereocenters. The van der Waals surface area contributed by atoms with Gasteiger partial charge >= 0.3 is 0 Å². The standard InChI is InChI=1S/C15H24N2O2/c1-15(2,3)19-9-8-18-14-7-4-12(11-17-14)10-16-13-5-6-13/h4,7,11,13,16H,5-6,8-10H2,1-3H3. The maximum absolute atomic E-state index is 5.58. The van der Waals surface area contributed by atoms with Crippen molar-refractivity contribution in [3.05, 3.63) is 23.9 Å². The van der Waals surface area contributed by atoms with E-state index in [4.69, 9.17) is 9.47 Å². The highest BCUT2D eigenvalue weighted by atomic mass is 16.5. The van der Waals surface area contributed by atoms with Crippen LogP contribution < -0.4 is 10.1 Å². The van der Waals surface area contributed by atoms with E-state index < -0.39 is 0 Å². The Kier molecular flexibility index (Phi) is 4.77. The molecule has 0 bridgehead atoms. The van der Waals surface area contributed by atoms with Crippen LogP contribution in [-0.2, 0) is 11.3 Å². The van der Waals surface area contributed by atoms with Crippen molar-refractivity contribution in [3.8, 4) is 5.88 Å². The molecule has 4 heteroatoms. The number of ether oxygens (including phenoxy) is 2. The Morgan fingerprint density at radius 3 is 2.63 bits per heavy atom. The maximum Gasteiger partial charge on any atom is 0.213 e. The average molecular weight is 264 g/mol. The molecule has 0 aromatic carbocycles. The van der Waals surface area contributed by atoms with Gasteiger partial charge in [0, 0.05) is 24.8 Å². The van der Waals surface area contributed by atoms with Gasteiger partial charge in [-0.15, -0.1) is 0 Å². The molecule has 1 saturated carbocycles. The highest BCUT2D eigenvalue weighted by molar-refractivity contribution is 5.17. The van der Waals surface area contributed by atoms with Crippen LogP contribution in [-0.4, -0.2) is 29.8 Å². The average Bonchev–Trinajstić information content (AvgIpc) is 3.16. The van der Waals surface area contributed by atoms with Crippen molar-refractivity contribution in [2.45, 2.75) is 51.8 Å². The van der Waals surface area contributed by atoms with E-state index in [2.05, 4.69) is 16.4 Å². The van der Waals surface area contributed by atoms with Crippen LogP contribution in [0.4, 0.5) is 0 Å². The molecule has 1 aromatic heterocycles. The first-order valence-electron chi connectivity index (χ1n) is 6.98. The molecule has 0 spiro atoms. The van der Waals surface area contributed by atoms with Gasteiger partial charge in [-0.25, -0.2) is 4.98 Å². The summed E-state index contributed by atoms with van der Waals surface area (Å²) in [7, 11) is 0. The SMILES string of the molecule is CC(C)(C)OCCOc1ccc(CNC2CC2)cn1. The molecule has 0 amide bonds. The molecule has 1 N–H and O–H groups in total. The Bertz CT molecular complexity index is 380. The number of hydrogen-bond donors (Lipinski definition) is 1. The van der Waals surface area contributed by atoms with Crippen molar-refractivity contribution < 1.29 is 9.47 Å². The molecule has 0 saturated heterocycles. The summed E-state index contributed by atoms with van der Waals surface area (Å²) in [6.45, 7) is 8.11. The highest BCUT2D eigenvalue weighted by Crippen LogP contribution is 2.19. The van der Waals surface area contributed by atoms with E-state index in [0.29, 0.717) is 19.1 Å². The molecule has 1 aliphatic carbocycles. The van der Waals surface area contributed by atoms with Crippen LogP contribution in [0.2, 0.25) is 0 Å². The third kappa shape index (κ3) is 6.03. The molecule has 0 radical (unpaired) electrons. The van der Waals surface area contributed by atoms with E-state index >= 15 is 0 Å². The summed E-state index contributed by atoms with van der Waals surface area (Å²) in [4.78, 5) is 4.29. The lowest BCUT2D eigenvalue weighted by Gasteiger charge is -2.19. The molecule has 1 aromatic rings. The second-order valence-corrected chi connectivity index (χ2v) is 5.97. The minimum Gasteiger partial charge on any atom is -0.475 e. The van der Waals surface area contributed by atoms with E-state index in [1.54, 1.807) is 0 Å². The fourth-order valence-corrected chi connectivity index (χ4v) is 1.64. The third-order valence-electron chi connectivity index (χ3n) is 2.84. The van der Waals surface area contributed by atoms with Gasteiger partial charge in [0.05, 0.1) is 12.2 Å². The Morgan fingerprint density at radius 1 is 1.26 bits per heavy atom. The predicted octanol–water partition coefficient (Wildman–Crippen LogP) is 2.53. The minimum absolute atomic E-state index is 0.116. The predicted molar refractivity (Wildman–Crippen MR) is 75.3 cm³/mol. The Balaban J connectivity index is 1.66. The number of nitrogens with one attached hydrogen (secondary N) is 1. The van der Waals surface area contributed by atoms with Crippen molar-refractivity contribution in [1.29, 1.82) is 0 Å². The molecule has 106 valence electrons. The first-order valence-corrected chi connectivity index (χ1v) is 6.98. The highest BCUT2D eigenvalue weighted by Gasteiger charge is 2.19. The van der Waals surface area contributed by atoms with Crippen LogP contribution in [0, 0.1) is 0 Å². The van der Waals surface area contributed by atoms with E-state index in [0.717, 1.165) is 12.6 Å². The Morgan fingerprint density at radius 2 is 2.05 bits per heavy atom. The summed E-state index contributed by atoms with van der Waals surface area (Å²) in [5.41, 5.74) is 1.08. The summed E-state index contributed by atoms with van der Waals surface area (Å²) < 4.78 is 11.1. The normalized spacial score (nSPS) is 15.5. The van der Waals surface area contributed by atoms with Crippen molar-refractivity contribution in [3.63, 3.8) is 0 Å². The van der Waals surface area contributed by atoms with Crippen molar-refractivity contribution >= 4 is 0 Å². The van der Waals surface area contributed by atoms with E-state index in [1.807, 2.05) is 33.0 Å².